The van der Waals surface area contributed by atoms with Crippen molar-refractivity contribution >= 4 is 5.97 Å². The fourth-order valence-electron chi connectivity index (χ4n) is 2.28. The zero-order valence-electron chi connectivity index (χ0n) is 9.76. The molecule has 94 valence electrons. The van der Waals surface area contributed by atoms with Crippen LogP contribution in [0.5, 0.6) is 0 Å². The van der Waals surface area contributed by atoms with E-state index in [2.05, 4.69) is 5.32 Å². The molecule has 1 unspecified atom stereocenters. The molecule has 0 amide bonds. The maximum atomic E-state index is 11.4. The summed E-state index contributed by atoms with van der Waals surface area (Å²) in [5.41, 5.74) is 0.272. The Kier molecular flexibility index (Phi) is 3.32. The number of benzene rings is 1. The minimum absolute atomic E-state index is 0.197. The zero-order valence-corrected chi connectivity index (χ0v) is 9.76. The summed E-state index contributed by atoms with van der Waals surface area (Å²) in [5, 5.41) is 30.4. The zero-order chi connectivity index (χ0) is 13.2. The Labute approximate surface area is 105 Å². The van der Waals surface area contributed by atoms with Crippen molar-refractivity contribution in [1.29, 1.82) is 5.26 Å². The standard InChI is InChI=1S/C13H14N2O3/c14-7-10-3-1-9(2-4-10)5-13(12(17)18)6-11(16)8-15-13/h1-4,11,15-16H,5-6,8H2,(H,17,18)/t11-,13?/m0/s1. The third-order valence-electron chi connectivity index (χ3n) is 3.26. The SMILES string of the molecule is N#Cc1ccc(CC2(C(=O)O)C[C@H](O)CN2)cc1. The Morgan fingerprint density at radius 2 is 2.17 bits per heavy atom. The van der Waals surface area contributed by atoms with E-state index >= 15 is 0 Å². The molecule has 1 saturated heterocycles. The van der Waals surface area contributed by atoms with E-state index in [1.54, 1.807) is 24.3 Å². The van der Waals surface area contributed by atoms with E-state index < -0.39 is 17.6 Å². The molecule has 0 radical (unpaired) electrons. The summed E-state index contributed by atoms with van der Waals surface area (Å²) < 4.78 is 0. The monoisotopic (exact) mass is 246 g/mol. The highest BCUT2D eigenvalue weighted by Crippen LogP contribution is 2.25. The normalized spacial score (nSPS) is 26.8. The maximum absolute atomic E-state index is 11.4. The summed E-state index contributed by atoms with van der Waals surface area (Å²) in [6.45, 7) is 0.294. The molecule has 1 aromatic rings. The number of aliphatic hydroxyl groups excluding tert-OH is 1. The van der Waals surface area contributed by atoms with Crippen molar-refractivity contribution in [3.05, 3.63) is 35.4 Å². The van der Waals surface area contributed by atoms with Crippen molar-refractivity contribution in [3.63, 3.8) is 0 Å². The van der Waals surface area contributed by atoms with E-state index in [4.69, 9.17) is 5.26 Å². The molecule has 5 heteroatoms. The van der Waals surface area contributed by atoms with Gasteiger partial charge >= 0.3 is 5.97 Å². The largest absolute Gasteiger partial charge is 0.480 e. The minimum Gasteiger partial charge on any atom is -0.480 e. The lowest BCUT2D eigenvalue weighted by Crippen LogP contribution is -2.49. The van der Waals surface area contributed by atoms with Crippen LogP contribution in [0.25, 0.3) is 0 Å². The van der Waals surface area contributed by atoms with Crippen LogP contribution in [0.4, 0.5) is 0 Å². The third-order valence-corrected chi connectivity index (χ3v) is 3.26. The van der Waals surface area contributed by atoms with Gasteiger partial charge in [0.1, 0.15) is 5.54 Å². The van der Waals surface area contributed by atoms with Crippen LogP contribution in [0.1, 0.15) is 17.5 Å². The number of nitrogens with one attached hydrogen (secondary N) is 1. The van der Waals surface area contributed by atoms with Gasteiger partial charge in [0.25, 0.3) is 0 Å². The average molecular weight is 246 g/mol. The summed E-state index contributed by atoms with van der Waals surface area (Å²) in [6, 6.07) is 8.83. The number of carboxylic acid groups (broad SMARTS) is 1. The number of nitriles is 1. The molecule has 0 aromatic heterocycles. The fraction of sp³-hybridized carbons (Fsp3) is 0.385. The highest BCUT2D eigenvalue weighted by Gasteiger charge is 2.44. The molecule has 1 aliphatic heterocycles. The van der Waals surface area contributed by atoms with Crippen LogP contribution < -0.4 is 5.32 Å². The number of rotatable bonds is 3. The van der Waals surface area contributed by atoms with Crippen molar-refractivity contribution < 1.29 is 15.0 Å². The van der Waals surface area contributed by atoms with Crippen molar-refractivity contribution in [3.8, 4) is 6.07 Å². The van der Waals surface area contributed by atoms with Crippen molar-refractivity contribution in [2.45, 2.75) is 24.5 Å². The van der Waals surface area contributed by atoms with Crippen LogP contribution in [0.15, 0.2) is 24.3 Å². The predicted molar refractivity (Wildman–Crippen MR) is 63.9 cm³/mol. The molecular weight excluding hydrogens is 232 g/mol. The molecule has 1 aromatic carbocycles. The van der Waals surface area contributed by atoms with Gasteiger partial charge in [-0.15, -0.1) is 0 Å². The van der Waals surface area contributed by atoms with Gasteiger partial charge in [-0.3, -0.25) is 10.1 Å². The lowest BCUT2D eigenvalue weighted by Gasteiger charge is -2.24. The van der Waals surface area contributed by atoms with Gasteiger partial charge in [0, 0.05) is 19.4 Å². The quantitative estimate of drug-likeness (QED) is 0.712. The first kappa shape index (κ1) is 12.6. The van der Waals surface area contributed by atoms with Crippen LogP contribution in [-0.4, -0.2) is 34.4 Å². The van der Waals surface area contributed by atoms with Gasteiger partial charge in [-0.2, -0.15) is 5.26 Å². The second kappa shape index (κ2) is 4.77. The molecular formula is C13H14N2O3. The summed E-state index contributed by atoms with van der Waals surface area (Å²) in [4.78, 5) is 11.4. The number of aliphatic hydroxyl groups is 1. The Morgan fingerprint density at radius 1 is 1.50 bits per heavy atom. The Bertz CT molecular complexity index is 492. The highest BCUT2D eigenvalue weighted by atomic mass is 16.4. The van der Waals surface area contributed by atoms with Crippen molar-refractivity contribution in [1.82, 2.24) is 5.32 Å². The molecule has 0 bridgehead atoms. The summed E-state index contributed by atoms with van der Waals surface area (Å²) >= 11 is 0. The van der Waals surface area contributed by atoms with Gasteiger partial charge in [-0.05, 0) is 17.7 Å². The number of aliphatic carboxylic acids is 1. The number of hydrogen-bond donors (Lipinski definition) is 3. The number of carboxylic acids is 1. The molecule has 0 spiro atoms. The van der Waals surface area contributed by atoms with Crippen LogP contribution in [-0.2, 0) is 11.2 Å². The number of β-amino-alcohol motifs (C(OH)–C–C–N with tert-alkyl or cyclic N) is 1. The molecule has 1 fully saturated rings. The summed E-state index contributed by atoms with van der Waals surface area (Å²) in [7, 11) is 0. The minimum atomic E-state index is -1.10. The van der Waals surface area contributed by atoms with Crippen LogP contribution in [0, 0.1) is 11.3 Å². The number of hydrogen-bond acceptors (Lipinski definition) is 4. The van der Waals surface area contributed by atoms with Gasteiger partial charge < -0.3 is 10.2 Å². The summed E-state index contributed by atoms with van der Waals surface area (Å²) in [5.74, 6) is -0.955. The van der Waals surface area contributed by atoms with E-state index in [1.807, 2.05) is 6.07 Å². The lowest BCUT2D eigenvalue weighted by atomic mass is 9.88. The molecule has 5 nitrogen and oxygen atoms in total. The Balaban J connectivity index is 2.19. The van der Waals surface area contributed by atoms with E-state index in [-0.39, 0.29) is 6.42 Å². The van der Waals surface area contributed by atoms with Crippen LogP contribution in [0.3, 0.4) is 0 Å². The first-order valence-electron chi connectivity index (χ1n) is 5.71. The van der Waals surface area contributed by atoms with Gasteiger partial charge in [0.15, 0.2) is 0 Å². The lowest BCUT2D eigenvalue weighted by molar-refractivity contribution is -0.144. The molecule has 2 rings (SSSR count). The molecule has 3 N–H and O–H groups in total. The second-order valence-electron chi connectivity index (χ2n) is 4.61. The Morgan fingerprint density at radius 3 is 2.61 bits per heavy atom. The van der Waals surface area contributed by atoms with Gasteiger partial charge in [0.2, 0.25) is 0 Å². The van der Waals surface area contributed by atoms with E-state index in [0.29, 0.717) is 18.5 Å². The predicted octanol–water partition coefficient (Wildman–Crippen LogP) is 0.278. The first-order valence-corrected chi connectivity index (χ1v) is 5.71. The van der Waals surface area contributed by atoms with Gasteiger partial charge in [0.05, 0.1) is 17.7 Å². The molecule has 1 heterocycles. The molecule has 18 heavy (non-hydrogen) atoms. The van der Waals surface area contributed by atoms with E-state index in [0.717, 1.165) is 5.56 Å². The van der Waals surface area contributed by atoms with Crippen molar-refractivity contribution in [2.24, 2.45) is 0 Å². The maximum Gasteiger partial charge on any atom is 0.324 e. The third kappa shape index (κ3) is 2.35. The number of carbonyl (C=O) groups is 1. The first-order chi connectivity index (χ1) is 8.55. The highest BCUT2D eigenvalue weighted by molar-refractivity contribution is 5.80. The van der Waals surface area contributed by atoms with E-state index in [9.17, 15) is 15.0 Å². The van der Waals surface area contributed by atoms with Crippen LogP contribution in [0.2, 0.25) is 0 Å². The van der Waals surface area contributed by atoms with E-state index in [1.165, 1.54) is 0 Å². The van der Waals surface area contributed by atoms with Crippen LogP contribution >= 0.6 is 0 Å². The summed E-state index contributed by atoms with van der Waals surface area (Å²) in [6.07, 6.45) is -0.132. The molecule has 1 aliphatic rings. The van der Waals surface area contributed by atoms with Gasteiger partial charge in [-0.1, -0.05) is 12.1 Å². The fourth-order valence-corrected chi connectivity index (χ4v) is 2.28. The average Bonchev–Trinajstić information content (AvgIpc) is 2.73. The second-order valence-corrected chi connectivity index (χ2v) is 4.61. The molecule has 2 atom stereocenters. The van der Waals surface area contributed by atoms with Crippen molar-refractivity contribution in [2.75, 3.05) is 6.54 Å². The van der Waals surface area contributed by atoms with Gasteiger partial charge in [-0.25, -0.2) is 0 Å². The topological polar surface area (TPSA) is 93.4 Å². The Hall–Kier alpha value is -1.90. The number of nitrogens with zero attached hydrogens (tertiary/aromatic N) is 1. The molecule has 0 saturated carbocycles. The smallest absolute Gasteiger partial charge is 0.324 e. The molecule has 0 aliphatic carbocycles.